The second-order valence-corrected chi connectivity index (χ2v) is 3.57. The predicted octanol–water partition coefficient (Wildman–Crippen LogP) is 2.16. The molecule has 0 fully saturated rings. The van der Waals surface area contributed by atoms with Gasteiger partial charge in [0.05, 0.1) is 6.10 Å². The van der Waals surface area contributed by atoms with E-state index in [1.807, 2.05) is 30.3 Å². The standard InChI is InChI=1S/C9H12OS/c1-8(10)7-11-9-5-3-2-4-6-9/h2-6,8,10H,7H2,1H3/t8-/m0/s1. The van der Waals surface area contributed by atoms with Gasteiger partial charge in [0.1, 0.15) is 0 Å². The van der Waals surface area contributed by atoms with E-state index >= 15 is 0 Å². The summed E-state index contributed by atoms with van der Waals surface area (Å²) in [5.74, 6) is 0.768. The summed E-state index contributed by atoms with van der Waals surface area (Å²) >= 11 is 1.68. The number of aliphatic hydroxyl groups excluding tert-OH is 1. The van der Waals surface area contributed by atoms with Crippen molar-refractivity contribution < 1.29 is 5.11 Å². The molecule has 1 N–H and O–H groups in total. The van der Waals surface area contributed by atoms with Gasteiger partial charge in [-0.05, 0) is 19.1 Å². The Bertz CT molecular complexity index is 196. The number of hydrogen-bond donors (Lipinski definition) is 1. The summed E-state index contributed by atoms with van der Waals surface area (Å²) < 4.78 is 0. The third kappa shape index (κ3) is 3.44. The fourth-order valence-electron chi connectivity index (χ4n) is 0.734. The third-order valence-electron chi connectivity index (χ3n) is 1.23. The molecule has 0 bridgehead atoms. The van der Waals surface area contributed by atoms with Gasteiger partial charge in [0.15, 0.2) is 0 Å². The average Bonchev–Trinajstić information content (AvgIpc) is 2.03. The lowest BCUT2D eigenvalue weighted by atomic mass is 10.4. The fourth-order valence-corrected chi connectivity index (χ4v) is 1.52. The van der Waals surface area contributed by atoms with Crippen LogP contribution in [0.4, 0.5) is 0 Å². The maximum atomic E-state index is 8.99. The first-order valence-corrected chi connectivity index (χ1v) is 4.63. The Labute approximate surface area is 71.4 Å². The van der Waals surface area contributed by atoms with E-state index in [1.54, 1.807) is 18.7 Å². The van der Waals surface area contributed by atoms with Crippen LogP contribution in [0.3, 0.4) is 0 Å². The number of benzene rings is 1. The summed E-state index contributed by atoms with van der Waals surface area (Å²) in [6.07, 6.45) is -0.222. The van der Waals surface area contributed by atoms with Crippen molar-refractivity contribution in [2.45, 2.75) is 17.9 Å². The average molecular weight is 168 g/mol. The van der Waals surface area contributed by atoms with Gasteiger partial charge in [-0.2, -0.15) is 0 Å². The Morgan fingerprint density at radius 2 is 2.00 bits per heavy atom. The molecule has 11 heavy (non-hydrogen) atoms. The number of thioether (sulfide) groups is 1. The van der Waals surface area contributed by atoms with Crippen molar-refractivity contribution in [2.75, 3.05) is 5.75 Å². The predicted molar refractivity (Wildman–Crippen MR) is 48.8 cm³/mol. The molecule has 0 heterocycles. The minimum Gasteiger partial charge on any atom is -0.393 e. The van der Waals surface area contributed by atoms with Crippen LogP contribution < -0.4 is 0 Å². The van der Waals surface area contributed by atoms with Crippen LogP contribution in [-0.2, 0) is 0 Å². The summed E-state index contributed by atoms with van der Waals surface area (Å²) in [5, 5.41) is 8.99. The Morgan fingerprint density at radius 1 is 1.36 bits per heavy atom. The Hall–Kier alpha value is -0.470. The number of rotatable bonds is 3. The monoisotopic (exact) mass is 168 g/mol. The molecule has 1 nitrogen and oxygen atoms in total. The lowest BCUT2D eigenvalue weighted by Crippen LogP contribution is -2.01. The highest BCUT2D eigenvalue weighted by atomic mass is 32.2. The minimum atomic E-state index is -0.222. The fraction of sp³-hybridized carbons (Fsp3) is 0.333. The van der Waals surface area contributed by atoms with Gasteiger partial charge in [-0.15, -0.1) is 11.8 Å². The molecular formula is C9H12OS. The maximum Gasteiger partial charge on any atom is 0.0606 e. The van der Waals surface area contributed by atoms with Crippen molar-refractivity contribution in [3.8, 4) is 0 Å². The van der Waals surface area contributed by atoms with Crippen molar-refractivity contribution >= 4 is 11.8 Å². The third-order valence-corrected chi connectivity index (χ3v) is 2.49. The molecule has 1 aromatic rings. The van der Waals surface area contributed by atoms with Crippen molar-refractivity contribution in [2.24, 2.45) is 0 Å². The van der Waals surface area contributed by atoms with E-state index in [1.165, 1.54) is 4.90 Å². The van der Waals surface area contributed by atoms with Crippen LogP contribution in [0.25, 0.3) is 0 Å². The van der Waals surface area contributed by atoms with Crippen molar-refractivity contribution in [1.82, 2.24) is 0 Å². The molecule has 0 aliphatic rings. The highest BCUT2D eigenvalue weighted by Gasteiger charge is 1.96. The van der Waals surface area contributed by atoms with Gasteiger partial charge < -0.3 is 5.11 Å². The SMILES string of the molecule is C[C@H](O)CSc1ccccc1. The van der Waals surface area contributed by atoms with Crippen molar-refractivity contribution in [1.29, 1.82) is 0 Å². The lowest BCUT2D eigenvalue weighted by Gasteiger charge is -2.02. The van der Waals surface area contributed by atoms with E-state index in [0.29, 0.717) is 0 Å². The second-order valence-electron chi connectivity index (χ2n) is 2.47. The molecule has 0 radical (unpaired) electrons. The molecule has 0 spiro atoms. The molecular weight excluding hydrogens is 156 g/mol. The van der Waals surface area contributed by atoms with E-state index in [2.05, 4.69) is 0 Å². The van der Waals surface area contributed by atoms with Gasteiger partial charge in [0, 0.05) is 10.6 Å². The zero-order valence-corrected chi connectivity index (χ0v) is 7.34. The highest BCUT2D eigenvalue weighted by Crippen LogP contribution is 2.17. The molecule has 0 unspecified atom stereocenters. The molecule has 0 aromatic heterocycles. The van der Waals surface area contributed by atoms with E-state index in [4.69, 9.17) is 5.11 Å². The molecule has 0 aliphatic carbocycles. The first-order valence-electron chi connectivity index (χ1n) is 3.65. The van der Waals surface area contributed by atoms with Gasteiger partial charge in [-0.3, -0.25) is 0 Å². The van der Waals surface area contributed by atoms with Crippen molar-refractivity contribution in [3.63, 3.8) is 0 Å². The maximum absolute atomic E-state index is 8.99. The van der Waals surface area contributed by atoms with Crippen LogP contribution in [0.15, 0.2) is 35.2 Å². The zero-order chi connectivity index (χ0) is 8.10. The number of hydrogen-bond acceptors (Lipinski definition) is 2. The normalized spacial score (nSPS) is 12.9. The van der Waals surface area contributed by atoms with Gasteiger partial charge in [-0.25, -0.2) is 0 Å². The van der Waals surface area contributed by atoms with Crippen LogP contribution >= 0.6 is 11.8 Å². The minimum absolute atomic E-state index is 0.222. The quantitative estimate of drug-likeness (QED) is 0.698. The summed E-state index contributed by atoms with van der Waals surface area (Å²) in [5.41, 5.74) is 0. The first kappa shape index (κ1) is 8.62. The number of aliphatic hydroxyl groups is 1. The summed E-state index contributed by atoms with van der Waals surface area (Å²) in [6.45, 7) is 1.80. The molecule has 1 atom stereocenters. The van der Waals surface area contributed by atoms with Crippen LogP contribution in [0.2, 0.25) is 0 Å². The largest absolute Gasteiger partial charge is 0.393 e. The molecule has 0 amide bonds. The van der Waals surface area contributed by atoms with Gasteiger partial charge in [-0.1, -0.05) is 18.2 Å². The summed E-state index contributed by atoms with van der Waals surface area (Å²) in [4.78, 5) is 1.22. The summed E-state index contributed by atoms with van der Waals surface area (Å²) in [7, 11) is 0. The Morgan fingerprint density at radius 3 is 2.55 bits per heavy atom. The molecule has 0 saturated heterocycles. The van der Waals surface area contributed by atoms with E-state index in [-0.39, 0.29) is 6.10 Å². The second kappa shape index (κ2) is 4.42. The van der Waals surface area contributed by atoms with Gasteiger partial charge >= 0.3 is 0 Å². The molecule has 60 valence electrons. The van der Waals surface area contributed by atoms with Crippen molar-refractivity contribution in [3.05, 3.63) is 30.3 Å². The molecule has 1 aromatic carbocycles. The molecule has 0 aliphatic heterocycles. The summed E-state index contributed by atoms with van der Waals surface area (Å²) in [6, 6.07) is 10.1. The van der Waals surface area contributed by atoms with E-state index in [9.17, 15) is 0 Å². The lowest BCUT2D eigenvalue weighted by molar-refractivity contribution is 0.220. The van der Waals surface area contributed by atoms with E-state index < -0.39 is 0 Å². The molecule has 1 rings (SSSR count). The molecule has 0 saturated carbocycles. The van der Waals surface area contributed by atoms with Crippen LogP contribution in [0.1, 0.15) is 6.92 Å². The Kier molecular flexibility index (Phi) is 3.46. The van der Waals surface area contributed by atoms with Gasteiger partial charge in [0.25, 0.3) is 0 Å². The topological polar surface area (TPSA) is 20.2 Å². The zero-order valence-electron chi connectivity index (χ0n) is 6.53. The van der Waals surface area contributed by atoms with E-state index in [0.717, 1.165) is 5.75 Å². The van der Waals surface area contributed by atoms with Gasteiger partial charge in [0.2, 0.25) is 0 Å². The Balaban J connectivity index is 2.39. The van der Waals surface area contributed by atoms with Crippen LogP contribution in [0, 0.1) is 0 Å². The van der Waals surface area contributed by atoms with Crippen LogP contribution in [0.5, 0.6) is 0 Å². The van der Waals surface area contributed by atoms with Crippen LogP contribution in [-0.4, -0.2) is 17.0 Å². The molecule has 2 heteroatoms. The first-order chi connectivity index (χ1) is 5.29. The highest BCUT2D eigenvalue weighted by molar-refractivity contribution is 7.99. The smallest absolute Gasteiger partial charge is 0.0606 e.